The molecule has 0 aromatic carbocycles. The molecule has 0 saturated carbocycles. The van der Waals surface area contributed by atoms with Crippen LogP contribution in [0, 0.1) is 0 Å². The lowest BCUT2D eigenvalue weighted by atomic mass is 10.3. The van der Waals surface area contributed by atoms with Crippen LogP contribution in [0.5, 0.6) is 0 Å². The molecule has 0 bridgehead atoms. The molecule has 0 aliphatic heterocycles. The van der Waals surface area contributed by atoms with E-state index in [1.165, 1.54) is 0 Å². The van der Waals surface area contributed by atoms with Gasteiger partial charge in [0.2, 0.25) is 5.91 Å². The quantitative estimate of drug-likeness (QED) is 0.682. The van der Waals surface area contributed by atoms with Gasteiger partial charge in [0.1, 0.15) is 13.2 Å². The molecule has 15 heavy (non-hydrogen) atoms. The smallest absolute Gasteiger partial charge is 0.329 e. The molecule has 5 nitrogen and oxygen atoms in total. The maximum absolute atomic E-state index is 11.6. The van der Waals surface area contributed by atoms with Gasteiger partial charge in [-0.2, -0.15) is 0 Å². The standard InChI is InChI=1S/C10H19NO4/c1-4-5-11(8(2)3)9(12)6-15-7-10(13)14/h8H,4-7H2,1-3H3,(H,13,14). The summed E-state index contributed by atoms with van der Waals surface area (Å²) in [4.78, 5) is 23.4. The van der Waals surface area contributed by atoms with Gasteiger partial charge in [-0.1, -0.05) is 6.92 Å². The SMILES string of the molecule is CCCN(C(=O)COCC(=O)O)C(C)C. The normalized spacial score (nSPS) is 10.4. The van der Waals surface area contributed by atoms with Crippen molar-refractivity contribution in [1.29, 1.82) is 0 Å². The Kier molecular flexibility index (Phi) is 6.70. The first-order chi connectivity index (χ1) is 6.99. The molecule has 0 unspecified atom stereocenters. The van der Waals surface area contributed by atoms with Gasteiger partial charge < -0.3 is 14.7 Å². The number of carboxylic acids is 1. The minimum absolute atomic E-state index is 0.117. The highest BCUT2D eigenvalue weighted by Crippen LogP contribution is 2.00. The predicted octanol–water partition coefficient (Wildman–Crippen LogP) is 0.735. The van der Waals surface area contributed by atoms with E-state index < -0.39 is 12.6 Å². The van der Waals surface area contributed by atoms with E-state index in [4.69, 9.17) is 9.84 Å². The molecule has 0 heterocycles. The lowest BCUT2D eigenvalue weighted by Crippen LogP contribution is -2.40. The van der Waals surface area contributed by atoms with E-state index in [9.17, 15) is 9.59 Å². The van der Waals surface area contributed by atoms with Gasteiger partial charge in [-0.3, -0.25) is 4.79 Å². The molecule has 1 N–H and O–H groups in total. The molecule has 0 aromatic heterocycles. The van der Waals surface area contributed by atoms with Crippen LogP contribution in [-0.4, -0.2) is 47.7 Å². The molecule has 0 aromatic rings. The zero-order valence-electron chi connectivity index (χ0n) is 9.52. The number of aliphatic carboxylic acids is 1. The average molecular weight is 217 g/mol. The maximum Gasteiger partial charge on any atom is 0.329 e. The van der Waals surface area contributed by atoms with Crippen LogP contribution in [0.15, 0.2) is 0 Å². The number of ether oxygens (including phenoxy) is 1. The Balaban J connectivity index is 3.97. The van der Waals surface area contributed by atoms with Gasteiger partial charge in [0, 0.05) is 12.6 Å². The fourth-order valence-electron chi connectivity index (χ4n) is 1.22. The molecular weight excluding hydrogens is 198 g/mol. The van der Waals surface area contributed by atoms with Crippen molar-refractivity contribution in [2.75, 3.05) is 19.8 Å². The monoisotopic (exact) mass is 217 g/mol. The Bertz CT molecular complexity index is 215. The molecular formula is C10H19NO4. The number of hydrogen-bond donors (Lipinski definition) is 1. The number of nitrogens with zero attached hydrogens (tertiary/aromatic N) is 1. The van der Waals surface area contributed by atoms with Crippen molar-refractivity contribution in [2.24, 2.45) is 0 Å². The van der Waals surface area contributed by atoms with E-state index in [2.05, 4.69) is 0 Å². The Morgan fingerprint density at radius 2 is 1.93 bits per heavy atom. The van der Waals surface area contributed by atoms with Crippen molar-refractivity contribution in [3.8, 4) is 0 Å². The average Bonchev–Trinajstić information content (AvgIpc) is 2.12. The first-order valence-corrected chi connectivity index (χ1v) is 5.08. The molecule has 0 saturated heterocycles. The van der Waals surface area contributed by atoms with Crippen molar-refractivity contribution in [3.05, 3.63) is 0 Å². The highest BCUT2D eigenvalue weighted by Gasteiger charge is 2.15. The number of amides is 1. The van der Waals surface area contributed by atoms with Crippen molar-refractivity contribution >= 4 is 11.9 Å². The van der Waals surface area contributed by atoms with E-state index in [1.807, 2.05) is 20.8 Å². The minimum atomic E-state index is -1.06. The van der Waals surface area contributed by atoms with Crippen LogP contribution in [0.3, 0.4) is 0 Å². The van der Waals surface area contributed by atoms with Crippen LogP contribution in [-0.2, 0) is 14.3 Å². The summed E-state index contributed by atoms with van der Waals surface area (Å²) in [5.74, 6) is -1.22. The molecule has 0 spiro atoms. The van der Waals surface area contributed by atoms with E-state index in [1.54, 1.807) is 4.90 Å². The van der Waals surface area contributed by atoms with Crippen molar-refractivity contribution < 1.29 is 19.4 Å². The van der Waals surface area contributed by atoms with Crippen molar-refractivity contribution in [3.63, 3.8) is 0 Å². The third kappa shape index (κ3) is 6.06. The third-order valence-electron chi connectivity index (χ3n) is 1.86. The summed E-state index contributed by atoms with van der Waals surface area (Å²) in [6.45, 7) is 5.91. The van der Waals surface area contributed by atoms with Crippen LogP contribution in [0.25, 0.3) is 0 Å². The Morgan fingerprint density at radius 1 is 1.33 bits per heavy atom. The zero-order valence-corrected chi connectivity index (χ0v) is 9.52. The first-order valence-electron chi connectivity index (χ1n) is 5.08. The van der Waals surface area contributed by atoms with E-state index in [-0.39, 0.29) is 18.6 Å². The molecule has 1 amide bonds. The lowest BCUT2D eigenvalue weighted by molar-refractivity contribution is -0.146. The molecule has 0 fully saturated rings. The summed E-state index contributed by atoms with van der Waals surface area (Å²) in [5.41, 5.74) is 0. The number of hydrogen-bond acceptors (Lipinski definition) is 3. The third-order valence-corrected chi connectivity index (χ3v) is 1.86. The van der Waals surface area contributed by atoms with Gasteiger partial charge in [0.25, 0.3) is 0 Å². The second-order valence-corrected chi connectivity index (χ2v) is 3.57. The predicted molar refractivity (Wildman–Crippen MR) is 55.6 cm³/mol. The fourth-order valence-corrected chi connectivity index (χ4v) is 1.22. The molecule has 88 valence electrons. The van der Waals surface area contributed by atoms with Gasteiger partial charge in [0.15, 0.2) is 0 Å². The van der Waals surface area contributed by atoms with Gasteiger partial charge in [-0.25, -0.2) is 4.79 Å². The lowest BCUT2D eigenvalue weighted by Gasteiger charge is -2.26. The topological polar surface area (TPSA) is 66.8 Å². The van der Waals surface area contributed by atoms with Gasteiger partial charge in [0.05, 0.1) is 0 Å². The van der Waals surface area contributed by atoms with Crippen molar-refractivity contribution in [1.82, 2.24) is 4.90 Å². The fraction of sp³-hybridized carbons (Fsp3) is 0.800. The molecule has 0 aliphatic carbocycles. The van der Waals surface area contributed by atoms with Crippen molar-refractivity contribution in [2.45, 2.75) is 33.2 Å². The zero-order chi connectivity index (χ0) is 11.8. The molecule has 0 radical (unpaired) electrons. The van der Waals surface area contributed by atoms with Gasteiger partial charge >= 0.3 is 5.97 Å². The summed E-state index contributed by atoms with van der Waals surface area (Å²) in [6, 6.07) is 0.117. The summed E-state index contributed by atoms with van der Waals surface area (Å²) in [5, 5.41) is 8.33. The highest BCUT2D eigenvalue weighted by atomic mass is 16.5. The van der Waals surface area contributed by atoms with Crippen LogP contribution in [0.1, 0.15) is 27.2 Å². The number of carboxylic acid groups (broad SMARTS) is 1. The van der Waals surface area contributed by atoms with Crippen LogP contribution in [0.4, 0.5) is 0 Å². The van der Waals surface area contributed by atoms with Crippen LogP contribution >= 0.6 is 0 Å². The van der Waals surface area contributed by atoms with E-state index in [0.717, 1.165) is 6.42 Å². The largest absolute Gasteiger partial charge is 0.480 e. The Hall–Kier alpha value is -1.10. The van der Waals surface area contributed by atoms with Gasteiger partial charge in [-0.05, 0) is 20.3 Å². The van der Waals surface area contributed by atoms with Crippen LogP contribution < -0.4 is 0 Å². The Morgan fingerprint density at radius 3 is 2.33 bits per heavy atom. The second kappa shape index (κ2) is 7.23. The van der Waals surface area contributed by atoms with E-state index >= 15 is 0 Å². The van der Waals surface area contributed by atoms with Gasteiger partial charge in [-0.15, -0.1) is 0 Å². The summed E-state index contributed by atoms with van der Waals surface area (Å²) in [7, 11) is 0. The summed E-state index contributed by atoms with van der Waals surface area (Å²) >= 11 is 0. The summed E-state index contributed by atoms with van der Waals surface area (Å²) < 4.78 is 4.74. The number of carbonyl (C=O) groups is 2. The molecule has 0 rings (SSSR count). The minimum Gasteiger partial charge on any atom is -0.480 e. The molecule has 0 atom stereocenters. The maximum atomic E-state index is 11.6. The first kappa shape index (κ1) is 13.9. The Labute approximate surface area is 90.0 Å². The number of carbonyl (C=O) groups excluding carboxylic acids is 1. The summed E-state index contributed by atoms with van der Waals surface area (Å²) in [6.07, 6.45) is 0.878. The van der Waals surface area contributed by atoms with E-state index in [0.29, 0.717) is 6.54 Å². The molecule has 5 heteroatoms. The highest BCUT2D eigenvalue weighted by molar-refractivity contribution is 5.78. The number of rotatable bonds is 7. The van der Waals surface area contributed by atoms with Crippen LogP contribution in [0.2, 0.25) is 0 Å². The second-order valence-electron chi connectivity index (χ2n) is 3.57. The molecule has 0 aliphatic rings.